The molecule has 0 unspecified atom stereocenters. The van der Waals surface area contributed by atoms with Gasteiger partial charge < -0.3 is 39.4 Å². The molecule has 12 rings (SSSR count). The molecule has 0 spiro atoms. The Morgan fingerprint density at radius 2 is 0.294 bits per heavy atom. The predicted molar refractivity (Wildman–Crippen MR) is 421 cm³/mol. The number of rotatable bonds is 0. The minimum atomic E-state index is -0.276. The summed E-state index contributed by atoms with van der Waals surface area (Å²) in [4.78, 5) is 0. The Morgan fingerprint density at radius 3 is 0.402 bits per heavy atom. The lowest BCUT2D eigenvalue weighted by Crippen LogP contribution is -2.18. The fourth-order valence-electron chi connectivity index (χ4n) is 14.8. The Balaban J connectivity index is 1.21. The average Bonchev–Trinajstić information content (AvgIpc) is 0.768. The lowest BCUT2D eigenvalue weighted by Gasteiger charge is -2.28. The highest BCUT2D eigenvalue weighted by molar-refractivity contribution is 5.63. The highest BCUT2D eigenvalue weighted by atomic mass is 16.5. The maximum Gasteiger partial charge on any atom is 0.126 e. The molecule has 0 saturated carbocycles. The van der Waals surface area contributed by atoms with E-state index in [0.717, 1.165) is 157 Å². The van der Waals surface area contributed by atoms with E-state index in [2.05, 4.69) is 263 Å². The van der Waals surface area contributed by atoms with Crippen molar-refractivity contribution >= 4 is 0 Å². The van der Waals surface area contributed by atoms with Gasteiger partial charge in [0.15, 0.2) is 0 Å². The molecule has 8 heteroatoms. The van der Waals surface area contributed by atoms with Crippen LogP contribution in [0.15, 0.2) is 97.1 Å². The van der Waals surface area contributed by atoms with E-state index in [1.807, 2.05) is 0 Å². The Labute approximate surface area is 612 Å². The minimum Gasteiger partial charge on any atom is -0.507 e. The van der Waals surface area contributed by atoms with Crippen molar-refractivity contribution < 1.29 is 39.4 Å². The van der Waals surface area contributed by atoms with Crippen molar-refractivity contribution in [2.45, 2.75) is 274 Å². The largest absolute Gasteiger partial charge is 0.507 e. The van der Waals surface area contributed by atoms with Gasteiger partial charge in [0.05, 0.1) is 26.4 Å². The summed E-state index contributed by atoms with van der Waals surface area (Å²) in [6.07, 6.45) is 4.06. The van der Waals surface area contributed by atoms with Gasteiger partial charge in [-0.15, -0.1) is 0 Å². The van der Waals surface area contributed by atoms with Crippen molar-refractivity contribution in [3.8, 4) is 46.0 Å². The summed E-state index contributed by atoms with van der Waals surface area (Å²) in [5.41, 5.74) is 21.0. The van der Waals surface area contributed by atoms with E-state index in [0.29, 0.717) is 90.6 Å². The summed E-state index contributed by atoms with van der Waals surface area (Å²) in [5, 5.41) is 52.7. The van der Waals surface area contributed by atoms with Crippen molar-refractivity contribution in [3.05, 3.63) is 231 Å². The molecule has 2 heterocycles. The minimum absolute atomic E-state index is 0.259. The number of phenols is 4. The lowest BCUT2D eigenvalue weighted by molar-refractivity contribution is 0.243. The summed E-state index contributed by atoms with van der Waals surface area (Å²) in [7, 11) is 0. The Hall–Kier alpha value is -7.84. The molecule has 0 saturated heterocycles. The van der Waals surface area contributed by atoms with Crippen LogP contribution in [0.5, 0.6) is 46.0 Å². The van der Waals surface area contributed by atoms with Crippen molar-refractivity contribution in [2.75, 3.05) is 26.4 Å². The van der Waals surface area contributed by atoms with Crippen LogP contribution in [0.2, 0.25) is 0 Å². The summed E-state index contributed by atoms with van der Waals surface area (Å²) >= 11 is 0. The van der Waals surface area contributed by atoms with E-state index in [1.165, 1.54) is 0 Å². The van der Waals surface area contributed by atoms with Crippen molar-refractivity contribution in [1.29, 1.82) is 0 Å². The predicted octanol–water partition coefficient (Wildman–Crippen LogP) is 22.3. The Bertz CT molecular complexity index is 3750. The average molecular weight is 1380 g/mol. The second-order valence-corrected chi connectivity index (χ2v) is 38.6. The number of ether oxygens (including phenoxy) is 4. The van der Waals surface area contributed by atoms with Gasteiger partial charge in [-0.1, -0.05) is 263 Å². The molecule has 0 aromatic heterocycles. The molecule has 0 atom stereocenters. The van der Waals surface area contributed by atoms with Crippen LogP contribution in [-0.4, -0.2) is 46.9 Å². The molecule has 102 heavy (non-hydrogen) atoms. The quantitative estimate of drug-likeness (QED) is 0.119. The van der Waals surface area contributed by atoms with Gasteiger partial charge in [0, 0.05) is 64.2 Å². The number of benzene rings is 8. The highest BCUT2D eigenvalue weighted by Gasteiger charge is 2.33. The highest BCUT2D eigenvalue weighted by Crippen LogP contribution is 2.48. The molecule has 544 valence electrons. The lowest BCUT2D eigenvalue weighted by atomic mass is 9.79. The van der Waals surface area contributed by atoms with Crippen LogP contribution in [-0.2, 0) is 94.7 Å². The van der Waals surface area contributed by atoms with Crippen LogP contribution in [0.4, 0.5) is 0 Å². The van der Waals surface area contributed by atoms with Gasteiger partial charge in [0.2, 0.25) is 0 Å². The molecule has 20 bridgehead atoms. The molecule has 0 amide bonds. The van der Waals surface area contributed by atoms with Gasteiger partial charge in [-0.3, -0.25) is 0 Å². The molecule has 4 aliphatic rings. The molecule has 8 nitrogen and oxygen atoms in total. The number of aromatic hydroxyl groups is 4. The Morgan fingerprint density at radius 1 is 0.186 bits per heavy atom. The van der Waals surface area contributed by atoms with E-state index in [4.69, 9.17) is 18.9 Å². The van der Waals surface area contributed by atoms with Crippen LogP contribution in [0.25, 0.3) is 0 Å². The molecule has 8 aromatic rings. The zero-order valence-corrected chi connectivity index (χ0v) is 66.6. The van der Waals surface area contributed by atoms with Crippen LogP contribution in [0.3, 0.4) is 0 Å². The fraction of sp³-hybridized carbons (Fsp3) is 0.489. The SMILES string of the molecule is CC(C)(C)c1cc2c(O)c(c1)Cc1cc(C(C)(C)C)cc3c1OCCCOc1c4cc(C(C)(C)C)cc1Cc1cc(C(C)(C)C)cc(c1O)Cc1cc(C(C)(C)C)cc(c1OCCCOc1c(cc(C(C)(C)C)cc1Cc1cc(C(C)(C)C)cc(c1O)C3)C2)Cc1cc(C(C)(C)C)cc(c1O)C4. The number of hydrogen-bond donors (Lipinski definition) is 4. The van der Waals surface area contributed by atoms with Gasteiger partial charge in [-0.25, -0.2) is 0 Å². The van der Waals surface area contributed by atoms with Crippen LogP contribution in [0, 0.1) is 0 Å². The summed E-state index contributed by atoms with van der Waals surface area (Å²) < 4.78 is 29.6. The van der Waals surface area contributed by atoms with Crippen molar-refractivity contribution in [2.24, 2.45) is 0 Å². The molecule has 8 aromatic carbocycles. The first kappa shape index (κ1) is 75.3. The normalized spacial score (nSPS) is 15.4. The first-order valence-corrected chi connectivity index (χ1v) is 37.8. The van der Waals surface area contributed by atoms with Gasteiger partial charge in [-0.2, -0.15) is 0 Å². The maximum absolute atomic E-state index is 13.2. The summed E-state index contributed by atoms with van der Waals surface area (Å²) in [6.45, 7) is 55.1. The topological polar surface area (TPSA) is 118 Å². The monoisotopic (exact) mass is 1380 g/mol. The Kier molecular flexibility index (Phi) is 20.2. The van der Waals surface area contributed by atoms with Gasteiger partial charge in [0.25, 0.3) is 0 Å². The first-order valence-electron chi connectivity index (χ1n) is 37.8. The smallest absolute Gasteiger partial charge is 0.126 e. The van der Waals surface area contributed by atoms with E-state index < -0.39 is 0 Å². The zero-order valence-electron chi connectivity index (χ0n) is 66.6. The summed E-state index contributed by atoms with van der Waals surface area (Å²) in [5.74, 6) is 3.98. The standard InChI is InChI=1S/C94H120O8/c1-87(2,3)71-39-55-31-63-47-75(91(13,14)15)49-65-33-57-41-72(88(4,5)6)42-58(80(57)96)34-66-50-76(92(16,17)18)48-64(32-56(40-71)79(55)95)84(66)100-28-26-30-102-86-68-36-60-44-73(89(7,8)9)43-59(81(60)97)35-67-51-77(93(19,20)21)53-69(85(67)101-29-25-27-99-83(63)65)37-61-45-74(90(10,11)12)46-62(82(61)98)38-70(86)54-78(52-68)94(22,23)24/h39-54,95-98H,25-38H2,1-24H3. The van der Waals surface area contributed by atoms with Crippen LogP contribution >= 0.6 is 0 Å². The van der Waals surface area contributed by atoms with Gasteiger partial charge >= 0.3 is 0 Å². The second-order valence-electron chi connectivity index (χ2n) is 38.6. The molecule has 2 aliphatic carbocycles. The molecule has 4 N–H and O–H groups in total. The number of fused-ring (bicyclic) bond motifs is 10. The zero-order chi connectivity index (χ0) is 74.5. The molecule has 2 aliphatic heterocycles. The maximum atomic E-state index is 13.2. The van der Waals surface area contributed by atoms with E-state index >= 15 is 0 Å². The van der Waals surface area contributed by atoms with Gasteiger partial charge in [0.1, 0.15) is 46.0 Å². The molecule has 0 fully saturated rings. The van der Waals surface area contributed by atoms with Crippen LogP contribution < -0.4 is 18.9 Å². The van der Waals surface area contributed by atoms with E-state index in [9.17, 15) is 20.4 Å². The third-order valence-corrected chi connectivity index (χ3v) is 21.6. The molecule has 0 radical (unpaired) electrons. The van der Waals surface area contributed by atoms with Crippen molar-refractivity contribution in [3.63, 3.8) is 0 Å². The summed E-state index contributed by atoms with van der Waals surface area (Å²) in [6, 6.07) is 35.9. The third-order valence-electron chi connectivity index (χ3n) is 21.6. The third kappa shape index (κ3) is 16.4. The van der Waals surface area contributed by atoms with Crippen molar-refractivity contribution in [1.82, 2.24) is 0 Å². The van der Waals surface area contributed by atoms with Crippen LogP contribution in [0.1, 0.15) is 313 Å². The van der Waals surface area contributed by atoms with Gasteiger partial charge in [-0.05, 0) is 177 Å². The second kappa shape index (κ2) is 27.3. The van der Waals surface area contributed by atoms with E-state index in [1.54, 1.807) is 0 Å². The number of hydrogen-bond acceptors (Lipinski definition) is 8. The fourth-order valence-corrected chi connectivity index (χ4v) is 14.8. The first-order chi connectivity index (χ1) is 47.2. The molecular formula is C94H120O8. The number of phenolic OH excluding ortho intramolecular Hbond substituents is 4. The van der Waals surface area contributed by atoms with E-state index in [-0.39, 0.29) is 66.3 Å². The molecular weight excluding hydrogens is 1260 g/mol.